The first-order valence-electron chi connectivity index (χ1n) is 25.8. The SMILES string of the molecule is Cc1cc(C#N)ccc1-c1cc2c3cc4c(cc3c(-c3ccc(C#N)cc3C)cc2c2cc3c(cc12)-c1cc(C(C)(C)C)cc2cc(C(C)(C)C)cc-3c12)-c1cc(C(C)(C)C)cc2cc(C(C)(C)C)cc-4c12. The molecule has 0 fully saturated rings. The highest BCUT2D eigenvalue weighted by Gasteiger charge is 2.32. The van der Waals surface area contributed by atoms with E-state index in [1.165, 1.54) is 121 Å². The van der Waals surface area contributed by atoms with Crippen LogP contribution in [0.25, 0.3) is 121 Å². The molecule has 0 heterocycles. The van der Waals surface area contributed by atoms with E-state index in [4.69, 9.17) is 0 Å². The monoisotopic (exact) mass is 930 g/mol. The Labute approximate surface area is 425 Å². The van der Waals surface area contributed by atoms with Crippen molar-refractivity contribution < 1.29 is 0 Å². The first kappa shape index (κ1) is 45.6. The van der Waals surface area contributed by atoms with Crippen LogP contribution in [-0.2, 0) is 21.7 Å². The molecule has 0 spiro atoms. The Morgan fingerprint density at radius 1 is 0.278 bits per heavy atom. The zero-order valence-electron chi connectivity index (χ0n) is 44.4. The van der Waals surface area contributed by atoms with Crippen LogP contribution >= 0.6 is 0 Å². The Morgan fingerprint density at radius 3 is 0.806 bits per heavy atom. The van der Waals surface area contributed by atoms with Crippen LogP contribution in [0.3, 0.4) is 0 Å². The summed E-state index contributed by atoms with van der Waals surface area (Å²) in [5.74, 6) is 0. The maximum atomic E-state index is 10.1. The van der Waals surface area contributed by atoms with Gasteiger partial charge in [0.25, 0.3) is 0 Å². The number of aryl methyl sites for hydroxylation is 2. The Balaban J connectivity index is 1.27. The van der Waals surface area contributed by atoms with Crippen LogP contribution < -0.4 is 0 Å². The second-order valence-electron chi connectivity index (χ2n) is 25.4. The fourth-order valence-electron chi connectivity index (χ4n) is 12.2. The molecule has 0 radical (unpaired) electrons. The van der Waals surface area contributed by atoms with Gasteiger partial charge >= 0.3 is 0 Å². The highest BCUT2D eigenvalue weighted by molar-refractivity contribution is 6.29. The summed E-state index contributed by atoms with van der Waals surface area (Å²) in [5.41, 5.74) is 23.5. The van der Waals surface area contributed by atoms with Gasteiger partial charge in [0.15, 0.2) is 0 Å². The third kappa shape index (κ3) is 6.79. The van der Waals surface area contributed by atoms with E-state index in [1.807, 2.05) is 24.3 Å². The minimum Gasteiger partial charge on any atom is -0.192 e. The van der Waals surface area contributed by atoms with Gasteiger partial charge in [-0.05, 0) is 274 Å². The van der Waals surface area contributed by atoms with Gasteiger partial charge in [-0.1, -0.05) is 119 Å². The van der Waals surface area contributed by atoms with Crippen molar-refractivity contribution in [2.75, 3.05) is 0 Å². The molecule has 2 aliphatic rings. The van der Waals surface area contributed by atoms with Crippen molar-refractivity contribution in [3.8, 4) is 78.9 Å². The zero-order chi connectivity index (χ0) is 50.9. The average molecular weight is 931 g/mol. The van der Waals surface area contributed by atoms with E-state index in [-0.39, 0.29) is 21.7 Å². The summed E-state index contributed by atoms with van der Waals surface area (Å²) in [7, 11) is 0. The molecule has 0 amide bonds. The lowest BCUT2D eigenvalue weighted by Gasteiger charge is -2.23. The minimum atomic E-state index is -0.0475. The number of benzene rings is 10. The van der Waals surface area contributed by atoms with Gasteiger partial charge in [-0.15, -0.1) is 0 Å². The van der Waals surface area contributed by atoms with Gasteiger partial charge in [0.2, 0.25) is 0 Å². The molecule has 0 unspecified atom stereocenters. The van der Waals surface area contributed by atoms with E-state index in [2.05, 4.69) is 206 Å². The van der Waals surface area contributed by atoms with E-state index < -0.39 is 0 Å². The fraction of sp³-hybridized carbons (Fsp3) is 0.257. The minimum absolute atomic E-state index is 0.0412. The second-order valence-corrected chi connectivity index (χ2v) is 25.4. The molecule has 0 saturated carbocycles. The molecular weight excluding hydrogens is 869 g/mol. The lowest BCUT2D eigenvalue weighted by molar-refractivity contribution is 0.589. The number of nitriles is 2. The Kier molecular flexibility index (Phi) is 9.51. The number of rotatable bonds is 2. The smallest absolute Gasteiger partial charge is 0.0991 e. The highest BCUT2D eigenvalue weighted by Crippen LogP contribution is 2.56. The summed E-state index contributed by atoms with van der Waals surface area (Å²) in [6, 6.07) is 51.7. The third-order valence-corrected chi connectivity index (χ3v) is 16.4. The molecule has 10 aromatic carbocycles. The van der Waals surface area contributed by atoms with Gasteiger partial charge in [0.1, 0.15) is 0 Å². The predicted octanol–water partition coefficient (Wildman–Crippen LogP) is 19.6. The molecule has 0 N–H and O–H groups in total. The Hall–Kier alpha value is -7.52. The molecule has 2 aliphatic carbocycles. The van der Waals surface area contributed by atoms with Crippen LogP contribution in [0.15, 0.2) is 121 Å². The van der Waals surface area contributed by atoms with Crippen molar-refractivity contribution in [1.29, 1.82) is 10.5 Å². The van der Waals surface area contributed by atoms with Gasteiger partial charge in [0, 0.05) is 0 Å². The molecule has 0 aromatic heterocycles. The molecule has 10 aromatic rings. The second kappa shape index (κ2) is 15.0. The Morgan fingerprint density at radius 2 is 0.542 bits per heavy atom. The molecule has 72 heavy (non-hydrogen) atoms. The number of nitrogens with zero attached hydrogens (tertiary/aromatic N) is 2. The summed E-state index contributed by atoms with van der Waals surface area (Å²) in [6.45, 7) is 32.2. The molecule has 0 saturated heterocycles. The number of hydrogen-bond acceptors (Lipinski definition) is 2. The third-order valence-electron chi connectivity index (χ3n) is 16.4. The maximum Gasteiger partial charge on any atom is 0.0991 e. The van der Waals surface area contributed by atoms with Crippen LogP contribution in [0.1, 0.15) is 128 Å². The van der Waals surface area contributed by atoms with Crippen LogP contribution in [-0.4, -0.2) is 0 Å². The molecule has 352 valence electrons. The lowest BCUT2D eigenvalue weighted by Crippen LogP contribution is -2.12. The van der Waals surface area contributed by atoms with Gasteiger partial charge in [0.05, 0.1) is 23.3 Å². The van der Waals surface area contributed by atoms with E-state index in [0.29, 0.717) is 11.1 Å². The largest absolute Gasteiger partial charge is 0.192 e. The summed E-state index contributed by atoms with van der Waals surface area (Å²) < 4.78 is 0. The van der Waals surface area contributed by atoms with Crippen LogP contribution in [0, 0.1) is 36.5 Å². The van der Waals surface area contributed by atoms with E-state index in [0.717, 1.165) is 33.4 Å². The normalized spacial score (nSPS) is 13.1. The standard InChI is InChI=1S/C70H62N2/c1-37-19-39(35-71)15-17-47(37)49-29-53-54(55-33-59-57(31-51(49)55)61-25-43(67(3,4)5)21-41-23-45(69(9,10)11)27-63(59)65(41)61)30-50(48-18-16-40(36-72)20-38(48)2)52-32-58-60(34-56(52)53)64-28-46(70(12,13)14)24-42-22-44(68(6,7)8)26-62(58)66(42)64/h15-34H,1-14H3. The van der Waals surface area contributed by atoms with Crippen LogP contribution in [0.2, 0.25) is 0 Å². The summed E-state index contributed by atoms with van der Waals surface area (Å²) in [6.07, 6.45) is 0. The first-order chi connectivity index (χ1) is 33.9. The van der Waals surface area contributed by atoms with Crippen molar-refractivity contribution in [1.82, 2.24) is 0 Å². The van der Waals surface area contributed by atoms with Crippen molar-refractivity contribution in [3.63, 3.8) is 0 Å². The summed E-state index contributed by atoms with van der Waals surface area (Å²) >= 11 is 0. The highest BCUT2D eigenvalue weighted by atomic mass is 14.4. The van der Waals surface area contributed by atoms with Gasteiger partial charge in [-0.25, -0.2) is 0 Å². The summed E-state index contributed by atoms with van der Waals surface area (Å²) in [5, 5.41) is 32.6. The van der Waals surface area contributed by atoms with Crippen LogP contribution in [0.5, 0.6) is 0 Å². The average Bonchev–Trinajstić information content (AvgIpc) is 3.80. The van der Waals surface area contributed by atoms with Crippen molar-refractivity contribution in [2.24, 2.45) is 0 Å². The predicted molar refractivity (Wildman–Crippen MR) is 307 cm³/mol. The van der Waals surface area contributed by atoms with Gasteiger partial charge in [-0.3, -0.25) is 0 Å². The molecular formula is C70H62N2. The topological polar surface area (TPSA) is 47.6 Å². The first-order valence-corrected chi connectivity index (χ1v) is 25.8. The van der Waals surface area contributed by atoms with Crippen molar-refractivity contribution in [3.05, 3.63) is 166 Å². The summed E-state index contributed by atoms with van der Waals surface area (Å²) in [4.78, 5) is 0. The lowest BCUT2D eigenvalue weighted by atomic mass is 9.81. The molecule has 2 heteroatoms. The molecule has 0 aliphatic heterocycles. The van der Waals surface area contributed by atoms with Crippen LogP contribution in [0.4, 0.5) is 0 Å². The quantitative estimate of drug-likeness (QED) is 0.162. The number of hydrogen-bond donors (Lipinski definition) is 0. The number of fused-ring (bicyclic) bond motifs is 11. The molecule has 0 atom stereocenters. The van der Waals surface area contributed by atoms with Gasteiger partial charge < -0.3 is 0 Å². The van der Waals surface area contributed by atoms with Crippen molar-refractivity contribution >= 4 is 53.9 Å². The van der Waals surface area contributed by atoms with Gasteiger partial charge in [-0.2, -0.15) is 10.5 Å². The molecule has 12 rings (SSSR count). The Bertz CT molecular complexity index is 3920. The van der Waals surface area contributed by atoms with E-state index in [9.17, 15) is 10.5 Å². The zero-order valence-corrected chi connectivity index (χ0v) is 44.4. The van der Waals surface area contributed by atoms with E-state index in [1.54, 1.807) is 0 Å². The maximum absolute atomic E-state index is 10.1. The van der Waals surface area contributed by atoms with E-state index >= 15 is 0 Å². The fourth-order valence-corrected chi connectivity index (χ4v) is 12.2. The van der Waals surface area contributed by atoms with Crippen molar-refractivity contribution in [2.45, 2.75) is 119 Å². The molecule has 0 bridgehead atoms. The molecule has 2 nitrogen and oxygen atoms in total.